The van der Waals surface area contributed by atoms with Gasteiger partial charge < -0.3 is 23.7 Å². The highest BCUT2D eigenvalue weighted by Gasteiger charge is 2.36. The number of para-hydroxylation sites is 2. The number of carbonyl (C=O) groups excluding carboxylic acids is 1. The molecule has 5 rings (SSSR count). The van der Waals surface area contributed by atoms with Gasteiger partial charge in [0.05, 0.1) is 37.5 Å². The number of rotatable bonds is 11. The molecule has 1 amide bonds. The standard InChI is InChI=1S/C33H39N3O4/c1-22(2)26-14-12-23(3)18-31(26)40-17-9-8-16-35-28-11-7-6-10-27(28)34-33(35)24-19-32(37)36(21-24)29-20-25(38-4)13-15-30(29)39-5/h6-7,10-15,18,20,22,24H,8-9,16-17,19,21H2,1-5H3. The van der Waals surface area contributed by atoms with Crippen LogP contribution in [0.3, 0.4) is 0 Å². The number of benzene rings is 3. The van der Waals surface area contributed by atoms with E-state index in [2.05, 4.69) is 49.6 Å². The normalized spacial score (nSPS) is 15.3. The highest BCUT2D eigenvalue weighted by Crippen LogP contribution is 2.39. The van der Waals surface area contributed by atoms with Crippen LogP contribution >= 0.6 is 0 Å². The van der Waals surface area contributed by atoms with E-state index in [1.54, 1.807) is 19.1 Å². The molecule has 7 nitrogen and oxygen atoms in total. The molecule has 0 bridgehead atoms. The lowest BCUT2D eigenvalue weighted by molar-refractivity contribution is -0.117. The number of ether oxygens (including phenoxy) is 3. The number of unbranched alkanes of at least 4 members (excludes halogenated alkanes) is 1. The molecular formula is C33H39N3O4. The third-order valence-electron chi connectivity index (χ3n) is 7.68. The van der Waals surface area contributed by atoms with Crippen molar-refractivity contribution in [1.82, 2.24) is 9.55 Å². The zero-order valence-electron chi connectivity index (χ0n) is 24.1. The molecule has 3 aromatic carbocycles. The molecule has 1 atom stereocenters. The monoisotopic (exact) mass is 541 g/mol. The van der Waals surface area contributed by atoms with Gasteiger partial charge in [-0.2, -0.15) is 0 Å². The number of imidazole rings is 1. The Morgan fingerprint density at radius 3 is 2.58 bits per heavy atom. The molecule has 0 N–H and O–H groups in total. The third-order valence-corrected chi connectivity index (χ3v) is 7.68. The Hall–Kier alpha value is -4.00. The van der Waals surface area contributed by atoms with Gasteiger partial charge in [-0.1, -0.05) is 38.1 Å². The number of aryl methyl sites for hydroxylation is 2. The fourth-order valence-electron chi connectivity index (χ4n) is 5.56. The maximum atomic E-state index is 13.3. The van der Waals surface area contributed by atoms with Crippen molar-refractivity contribution >= 4 is 22.6 Å². The summed E-state index contributed by atoms with van der Waals surface area (Å²) in [6, 6.07) is 20.2. The van der Waals surface area contributed by atoms with Crippen LogP contribution in [-0.2, 0) is 11.3 Å². The van der Waals surface area contributed by atoms with Crippen LogP contribution in [0.5, 0.6) is 17.2 Å². The number of anilines is 1. The molecule has 1 aromatic heterocycles. The predicted octanol–water partition coefficient (Wildman–Crippen LogP) is 6.87. The lowest BCUT2D eigenvalue weighted by Gasteiger charge is -2.20. The molecule has 4 aromatic rings. The lowest BCUT2D eigenvalue weighted by Crippen LogP contribution is -2.25. The zero-order chi connectivity index (χ0) is 28.2. The summed E-state index contributed by atoms with van der Waals surface area (Å²) < 4.78 is 19.5. The first-order chi connectivity index (χ1) is 19.4. The fraction of sp³-hybridized carbons (Fsp3) is 0.394. The molecule has 1 unspecified atom stereocenters. The second kappa shape index (κ2) is 12.0. The van der Waals surface area contributed by atoms with Crippen LogP contribution in [0, 0.1) is 6.92 Å². The van der Waals surface area contributed by atoms with Gasteiger partial charge >= 0.3 is 0 Å². The van der Waals surface area contributed by atoms with Gasteiger partial charge in [0.2, 0.25) is 5.91 Å². The van der Waals surface area contributed by atoms with E-state index in [0.29, 0.717) is 37.0 Å². The summed E-state index contributed by atoms with van der Waals surface area (Å²) in [5.41, 5.74) is 5.24. The Bertz CT molecular complexity index is 1490. The van der Waals surface area contributed by atoms with Crippen molar-refractivity contribution in [1.29, 1.82) is 0 Å². The SMILES string of the molecule is COc1ccc(OC)c(N2CC(c3nc4ccccc4n3CCCCOc3cc(C)ccc3C(C)C)CC2=O)c1. The highest BCUT2D eigenvalue weighted by molar-refractivity contribution is 5.98. The maximum Gasteiger partial charge on any atom is 0.227 e. The number of amides is 1. The van der Waals surface area contributed by atoms with Crippen molar-refractivity contribution in [3.05, 3.63) is 77.6 Å². The van der Waals surface area contributed by atoms with E-state index >= 15 is 0 Å². The minimum absolute atomic E-state index is 0.0204. The van der Waals surface area contributed by atoms with E-state index in [1.165, 1.54) is 11.1 Å². The Morgan fingerprint density at radius 1 is 0.975 bits per heavy atom. The van der Waals surface area contributed by atoms with Crippen molar-refractivity contribution in [2.24, 2.45) is 0 Å². The van der Waals surface area contributed by atoms with Crippen molar-refractivity contribution < 1.29 is 19.0 Å². The Kier molecular flexibility index (Phi) is 8.29. The molecule has 0 spiro atoms. The van der Waals surface area contributed by atoms with E-state index in [9.17, 15) is 4.79 Å². The van der Waals surface area contributed by atoms with Crippen molar-refractivity contribution in [3.8, 4) is 17.2 Å². The van der Waals surface area contributed by atoms with Crippen LogP contribution < -0.4 is 19.1 Å². The second-order valence-electron chi connectivity index (χ2n) is 10.8. The summed E-state index contributed by atoms with van der Waals surface area (Å²) in [7, 11) is 3.24. The van der Waals surface area contributed by atoms with Crippen LogP contribution in [0.2, 0.25) is 0 Å². The molecule has 0 radical (unpaired) electrons. The summed E-state index contributed by atoms with van der Waals surface area (Å²) in [6.45, 7) is 8.51. The minimum Gasteiger partial charge on any atom is -0.497 e. The van der Waals surface area contributed by atoms with Crippen LogP contribution in [-0.4, -0.2) is 42.8 Å². The average Bonchev–Trinajstić information content (AvgIpc) is 3.52. The molecule has 1 fully saturated rings. The first-order valence-electron chi connectivity index (χ1n) is 14.1. The number of aromatic nitrogens is 2. The molecule has 7 heteroatoms. The summed E-state index contributed by atoms with van der Waals surface area (Å²) in [5.74, 6) is 3.74. The van der Waals surface area contributed by atoms with Gasteiger partial charge in [-0.3, -0.25) is 4.79 Å². The zero-order valence-corrected chi connectivity index (χ0v) is 24.1. The van der Waals surface area contributed by atoms with E-state index in [4.69, 9.17) is 19.2 Å². The van der Waals surface area contributed by atoms with Crippen LogP contribution in [0.1, 0.15) is 61.9 Å². The predicted molar refractivity (Wildman–Crippen MR) is 159 cm³/mol. The van der Waals surface area contributed by atoms with Crippen molar-refractivity contribution in [2.75, 3.05) is 32.3 Å². The van der Waals surface area contributed by atoms with Gasteiger partial charge in [0.25, 0.3) is 0 Å². The molecule has 1 saturated heterocycles. The number of nitrogens with zero attached hydrogens (tertiary/aromatic N) is 3. The number of methoxy groups -OCH3 is 2. The number of fused-ring (bicyclic) bond motifs is 1. The van der Waals surface area contributed by atoms with Crippen molar-refractivity contribution in [3.63, 3.8) is 0 Å². The topological polar surface area (TPSA) is 65.8 Å². The molecule has 0 saturated carbocycles. The number of carbonyl (C=O) groups is 1. The van der Waals surface area contributed by atoms with Gasteiger partial charge in [-0.05, 0) is 67.1 Å². The number of hydrogen-bond donors (Lipinski definition) is 0. The maximum absolute atomic E-state index is 13.3. The highest BCUT2D eigenvalue weighted by atomic mass is 16.5. The average molecular weight is 542 g/mol. The summed E-state index contributed by atoms with van der Waals surface area (Å²) in [6.07, 6.45) is 2.27. The molecule has 1 aliphatic rings. The Balaban J connectivity index is 1.31. The van der Waals surface area contributed by atoms with Gasteiger partial charge in [0.1, 0.15) is 23.1 Å². The molecular weight excluding hydrogens is 502 g/mol. The first-order valence-corrected chi connectivity index (χ1v) is 14.1. The molecule has 2 heterocycles. The summed E-state index contributed by atoms with van der Waals surface area (Å²) >= 11 is 0. The smallest absolute Gasteiger partial charge is 0.227 e. The van der Waals surface area contributed by atoms with Gasteiger partial charge in [-0.25, -0.2) is 4.98 Å². The van der Waals surface area contributed by atoms with Crippen molar-refractivity contribution in [2.45, 2.75) is 58.4 Å². The first kappa shape index (κ1) is 27.6. The van der Waals surface area contributed by atoms with Gasteiger partial charge in [0, 0.05) is 31.5 Å². The second-order valence-corrected chi connectivity index (χ2v) is 10.8. The Labute approximate surface area is 236 Å². The van der Waals surface area contributed by atoms with Crippen LogP contribution in [0.4, 0.5) is 5.69 Å². The number of hydrogen-bond acceptors (Lipinski definition) is 5. The van der Waals surface area contributed by atoms with Gasteiger partial charge in [-0.15, -0.1) is 0 Å². The third kappa shape index (κ3) is 5.64. The summed E-state index contributed by atoms with van der Waals surface area (Å²) in [5, 5.41) is 0. The largest absolute Gasteiger partial charge is 0.497 e. The molecule has 210 valence electrons. The summed E-state index contributed by atoms with van der Waals surface area (Å²) in [4.78, 5) is 20.1. The quantitative estimate of drug-likeness (QED) is 0.194. The molecule has 40 heavy (non-hydrogen) atoms. The minimum atomic E-state index is -0.0204. The van der Waals surface area contributed by atoms with E-state index < -0.39 is 0 Å². The van der Waals surface area contributed by atoms with Crippen LogP contribution in [0.25, 0.3) is 11.0 Å². The van der Waals surface area contributed by atoms with E-state index in [0.717, 1.165) is 47.7 Å². The van der Waals surface area contributed by atoms with Crippen LogP contribution in [0.15, 0.2) is 60.7 Å². The Morgan fingerprint density at radius 2 is 1.80 bits per heavy atom. The lowest BCUT2D eigenvalue weighted by atomic mass is 10.0. The fourth-order valence-corrected chi connectivity index (χ4v) is 5.56. The van der Waals surface area contributed by atoms with E-state index in [-0.39, 0.29) is 11.8 Å². The van der Waals surface area contributed by atoms with Gasteiger partial charge in [0.15, 0.2) is 0 Å². The molecule has 0 aliphatic carbocycles. The van der Waals surface area contributed by atoms with E-state index in [1.807, 2.05) is 36.4 Å². The molecule has 1 aliphatic heterocycles.